The number of hydrogen-bond acceptors (Lipinski definition) is 3. The molecule has 0 atom stereocenters. The second-order valence-corrected chi connectivity index (χ2v) is 5.11. The molecule has 0 aliphatic carbocycles. The Hall–Kier alpha value is -2.82. The third kappa shape index (κ3) is 2.53. The molecule has 1 aromatic heterocycles. The minimum absolute atomic E-state index is 0.126. The number of anilines is 1. The summed E-state index contributed by atoms with van der Waals surface area (Å²) in [5.74, 6) is -0.649. The third-order valence-electron chi connectivity index (χ3n) is 3.54. The first-order chi connectivity index (χ1) is 10.6. The molecule has 112 valence electrons. The third-order valence-corrected chi connectivity index (χ3v) is 3.54. The van der Waals surface area contributed by atoms with E-state index in [1.54, 1.807) is 23.1 Å². The van der Waals surface area contributed by atoms with Gasteiger partial charge in [0.15, 0.2) is 5.58 Å². The minimum atomic E-state index is -0.523. The highest BCUT2D eigenvalue weighted by atomic mass is 16.4. The molecule has 22 heavy (non-hydrogen) atoms. The van der Waals surface area contributed by atoms with Crippen molar-refractivity contribution in [3.8, 4) is 0 Å². The Labute approximate surface area is 127 Å². The normalized spacial score (nSPS) is 10.8. The van der Waals surface area contributed by atoms with E-state index >= 15 is 0 Å². The lowest BCUT2D eigenvalue weighted by atomic mass is 10.1. The molecule has 3 rings (SSSR count). The van der Waals surface area contributed by atoms with Gasteiger partial charge < -0.3 is 9.32 Å². The SMILES string of the molecule is CCN(C(=O)c1ccc2[nH]c(=O)oc2c1)c1cccc(C)c1. The van der Waals surface area contributed by atoms with Crippen molar-refractivity contribution < 1.29 is 9.21 Å². The predicted molar refractivity (Wildman–Crippen MR) is 85.4 cm³/mol. The van der Waals surface area contributed by atoms with Crippen LogP contribution in [0.4, 0.5) is 5.69 Å². The van der Waals surface area contributed by atoms with Gasteiger partial charge in [0.2, 0.25) is 0 Å². The summed E-state index contributed by atoms with van der Waals surface area (Å²) in [5, 5.41) is 0. The van der Waals surface area contributed by atoms with Gasteiger partial charge in [0.05, 0.1) is 5.52 Å². The summed E-state index contributed by atoms with van der Waals surface area (Å²) in [4.78, 5) is 28.2. The summed E-state index contributed by atoms with van der Waals surface area (Å²) >= 11 is 0. The van der Waals surface area contributed by atoms with Crippen LogP contribution in [0.3, 0.4) is 0 Å². The number of fused-ring (bicyclic) bond motifs is 1. The monoisotopic (exact) mass is 296 g/mol. The van der Waals surface area contributed by atoms with Gasteiger partial charge in [-0.25, -0.2) is 4.79 Å². The zero-order valence-corrected chi connectivity index (χ0v) is 12.4. The fourth-order valence-electron chi connectivity index (χ4n) is 2.47. The van der Waals surface area contributed by atoms with Gasteiger partial charge in [0.25, 0.3) is 5.91 Å². The second kappa shape index (κ2) is 5.52. The molecular formula is C17H16N2O3. The number of H-pyrrole nitrogens is 1. The highest BCUT2D eigenvalue weighted by Crippen LogP contribution is 2.20. The molecule has 2 aromatic carbocycles. The van der Waals surface area contributed by atoms with E-state index in [1.165, 1.54) is 0 Å². The second-order valence-electron chi connectivity index (χ2n) is 5.11. The first-order valence-electron chi connectivity index (χ1n) is 7.10. The van der Waals surface area contributed by atoms with Crippen LogP contribution in [0.1, 0.15) is 22.8 Å². The zero-order valence-electron chi connectivity index (χ0n) is 12.4. The van der Waals surface area contributed by atoms with Crippen LogP contribution in [0.15, 0.2) is 51.7 Å². The Morgan fingerprint density at radius 3 is 2.77 bits per heavy atom. The number of oxazole rings is 1. The number of nitrogens with zero attached hydrogens (tertiary/aromatic N) is 1. The van der Waals surface area contributed by atoms with Gasteiger partial charge in [0.1, 0.15) is 0 Å². The number of benzene rings is 2. The van der Waals surface area contributed by atoms with Crippen LogP contribution in [-0.2, 0) is 0 Å². The van der Waals surface area contributed by atoms with Gasteiger partial charge in [-0.15, -0.1) is 0 Å². The van der Waals surface area contributed by atoms with E-state index in [1.807, 2.05) is 38.1 Å². The maximum Gasteiger partial charge on any atom is 0.417 e. The van der Waals surface area contributed by atoms with Crippen molar-refractivity contribution in [2.24, 2.45) is 0 Å². The maximum absolute atomic E-state index is 12.7. The summed E-state index contributed by atoms with van der Waals surface area (Å²) in [7, 11) is 0. The van der Waals surface area contributed by atoms with Crippen molar-refractivity contribution in [1.29, 1.82) is 0 Å². The first kappa shape index (κ1) is 14.1. The highest BCUT2D eigenvalue weighted by molar-refractivity contribution is 6.07. The molecule has 0 bridgehead atoms. The molecule has 0 spiro atoms. The molecule has 0 aliphatic rings. The fraction of sp³-hybridized carbons (Fsp3) is 0.176. The molecule has 0 unspecified atom stereocenters. The van der Waals surface area contributed by atoms with Crippen molar-refractivity contribution in [2.75, 3.05) is 11.4 Å². The van der Waals surface area contributed by atoms with Crippen molar-refractivity contribution in [1.82, 2.24) is 4.98 Å². The van der Waals surface area contributed by atoms with Crippen molar-refractivity contribution in [3.63, 3.8) is 0 Å². The number of carbonyl (C=O) groups excluding carboxylic acids is 1. The van der Waals surface area contributed by atoms with Crippen LogP contribution >= 0.6 is 0 Å². The standard InChI is InChI=1S/C17H16N2O3/c1-3-19(13-6-4-5-11(2)9-13)16(20)12-7-8-14-15(10-12)22-17(21)18-14/h4-10H,3H2,1-2H3,(H,18,21). The summed E-state index contributed by atoms with van der Waals surface area (Å²) in [6.45, 7) is 4.47. The zero-order chi connectivity index (χ0) is 15.7. The number of nitrogens with one attached hydrogen (secondary N) is 1. The van der Waals surface area contributed by atoms with Crippen LogP contribution in [0, 0.1) is 6.92 Å². The van der Waals surface area contributed by atoms with Crippen molar-refractivity contribution in [2.45, 2.75) is 13.8 Å². The minimum Gasteiger partial charge on any atom is -0.408 e. The highest BCUT2D eigenvalue weighted by Gasteiger charge is 2.17. The number of amides is 1. The van der Waals surface area contributed by atoms with E-state index in [9.17, 15) is 9.59 Å². The quantitative estimate of drug-likeness (QED) is 0.807. The number of aromatic amines is 1. The summed E-state index contributed by atoms with van der Waals surface area (Å²) < 4.78 is 5.02. The Kier molecular flexibility index (Phi) is 3.55. The lowest BCUT2D eigenvalue weighted by Gasteiger charge is -2.21. The molecular weight excluding hydrogens is 280 g/mol. The van der Waals surface area contributed by atoms with Crippen LogP contribution in [0.2, 0.25) is 0 Å². The Morgan fingerprint density at radius 1 is 1.23 bits per heavy atom. The summed E-state index contributed by atoms with van der Waals surface area (Å²) in [6.07, 6.45) is 0. The van der Waals surface area contributed by atoms with Gasteiger partial charge in [-0.3, -0.25) is 9.78 Å². The topological polar surface area (TPSA) is 66.3 Å². The lowest BCUT2D eigenvalue weighted by Crippen LogP contribution is -2.30. The number of hydrogen-bond donors (Lipinski definition) is 1. The fourth-order valence-corrected chi connectivity index (χ4v) is 2.47. The Balaban J connectivity index is 2.00. The molecule has 3 aromatic rings. The molecule has 0 aliphatic heterocycles. The average molecular weight is 296 g/mol. The maximum atomic E-state index is 12.7. The molecule has 0 saturated carbocycles. The Bertz CT molecular complexity index is 892. The van der Waals surface area contributed by atoms with E-state index in [2.05, 4.69) is 4.98 Å². The molecule has 0 saturated heterocycles. The predicted octanol–water partition coefficient (Wildman–Crippen LogP) is 3.10. The van der Waals surface area contributed by atoms with Crippen LogP contribution in [0.5, 0.6) is 0 Å². The number of carbonyl (C=O) groups is 1. The Morgan fingerprint density at radius 2 is 2.05 bits per heavy atom. The molecule has 1 N–H and O–H groups in total. The molecule has 1 amide bonds. The van der Waals surface area contributed by atoms with Crippen LogP contribution < -0.4 is 10.7 Å². The molecule has 1 heterocycles. The molecule has 5 heteroatoms. The molecule has 0 fully saturated rings. The average Bonchev–Trinajstić information content (AvgIpc) is 2.87. The number of rotatable bonds is 3. The molecule has 5 nitrogen and oxygen atoms in total. The lowest BCUT2D eigenvalue weighted by molar-refractivity contribution is 0.0988. The van der Waals surface area contributed by atoms with E-state index in [0.717, 1.165) is 11.3 Å². The summed E-state index contributed by atoms with van der Waals surface area (Å²) in [5.41, 5.74) is 3.40. The van der Waals surface area contributed by atoms with Gasteiger partial charge >= 0.3 is 5.76 Å². The smallest absolute Gasteiger partial charge is 0.408 e. The van der Waals surface area contributed by atoms with E-state index in [4.69, 9.17) is 4.42 Å². The van der Waals surface area contributed by atoms with Gasteiger partial charge in [-0.1, -0.05) is 12.1 Å². The van der Waals surface area contributed by atoms with Crippen molar-refractivity contribution >= 4 is 22.7 Å². The van der Waals surface area contributed by atoms with Crippen LogP contribution in [0.25, 0.3) is 11.1 Å². The largest absolute Gasteiger partial charge is 0.417 e. The number of aryl methyl sites for hydroxylation is 1. The van der Waals surface area contributed by atoms with Gasteiger partial charge in [-0.2, -0.15) is 0 Å². The van der Waals surface area contributed by atoms with Gasteiger partial charge in [-0.05, 0) is 49.7 Å². The van der Waals surface area contributed by atoms with Crippen LogP contribution in [-0.4, -0.2) is 17.4 Å². The van der Waals surface area contributed by atoms with E-state index in [-0.39, 0.29) is 5.91 Å². The first-order valence-corrected chi connectivity index (χ1v) is 7.10. The van der Waals surface area contributed by atoms with E-state index in [0.29, 0.717) is 23.2 Å². The van der Waals surface area contributed by atoms with Gasteiger partial charge in [0, 0.05) is 17.8 Å². The summed E-state index contributed by atoms with van der Waals surface area (Å²) in [6, 6.07) is 12.7. The molecule has 0 radical (unpaired) electrons. The number of aromatic nitrogens is 1. The van der Waals surface area contributed by atoms with Crippen molar-refractivity contribution in [3.05, 3.63) is 64.1 Å². The van der Waals surface area contributed by atoms with E-state index < -0.39 is 5.76 Å².